The molecule has 28 heavy (non-hydrogen) atoms. The molecule has 0 saturated carbocycles. The smallest absolute Gasteiger partial charge is 0.253 e. The van der Waals surface area contributed by atoms with Crippen molar-refractivity contribution in [2.75, 3.05) is 25.1 Å². The minimum absolute atomic E-state index is 0.168. The second kappa shape index (κ2) is 12.1. The van der Waals surface area contributed by atoms with Crippen LogP contribution in [-0.4, -0.2) is 69.3 Å². The number of amides is 2. The average Bonchev–Trinajstić information content (AvgIpc) is 2.63. The normalized spacial score (nSPS) is 14.3. The summed E-state index contributed by atoms with van der Waals surface area (Å²) in [5.74, 6) is -2.22. The Hall–Kier alpha value is 0.150. The molecule has 12 heteroatoms. The summed E-state index contributed by atoms with van der Waals surface area (Å²) in [6, 6.07) is 0. The fraction of sp³-hybridized carbons (Fsp3) is 0.500. The molecule has 0 bridgehead atoms. The summed E-state index contributed by atoms with van der Waals surface area (Å²) in [5.41, 5.74) is 0.911. The summed E-state index contributed by atoms with van der Waals surface area (Å²) >= 11 is 5.75. The van der Waals surface area contributed by atoms with Crippen LogP contribution >= 0.6 is 67.8 Å². The number of rotatable bonds is 9. The van der Waals surface area contributed by atoms with Crippen molar-refractivity contribution < 1.29 is 35.1 Å². The van der Waals surface area contributed by atoms with Crippen LogP contribution in [0.5, 0.6) is 0 Å². The van der Waals surface area contributed by atoms with Gasteiger partial charge in [0.1, 0.15) is 0 Å². The number of benzene rings is 1. The Morgan fingerprint density at radius 2 is 1.61 bits per heavy atom. The van der Waals surface area contributed by atoms with E-state index < -0.39 is 43.2 Å². The first-order valence-electron chi connectivity index (χ1n) is 8.07. The van der Waals surface area contributed by atoms with E-state index in [1.165, 1.54) is 6.92 Å². The van der Waals surface area contributed by atoms with Crippen LogP contribution in [0, 0.1) is 16.6 Å². The first-order valence-corrected chi connectivity index (χ1v) is 11.3. The van der Waals surface area contributed by atoms with Crippen LogP contribution in [0.15, 0.2) is 0 Å². The molecular formula is C16H21I3N2O7. The van der Waals surface area contributed by atoms with Gasteiger partial charge in [0.15, 0.2) is 0 Å². The van der Waals surface area contributed by atoms with Gasteiger partial charge in [0.25, 0.3) is 5.91 Å². The summed E-state index contributed by atoms with van der Waals surface area (Å²) in [5, 5.41) is 52.2. The summed E-state index contributed by atoms with van der Waals surface area (Å²) in [7, 11) is 0. The van der Waals surface area contributed by atoms with Crippen molar-refractivity contribution in [3.63, 3.8) is 0 Å². The molecule has 3 unspecified atom stereocenters. The molecule has 3 atom stereocenters. The van der Waals surface area contributed by atoms with Gasteiger partial charge in [-0.1, -0.05) is 0 Å². The number of carbonyl (C=O) groups excluding carboxylic acids is 2. The number of halogens is 3. The number of hydrogen-bond donors (Lipinski definition) is 7. The van der Waals surface area contributed by atoms with Gasteiger partial charge in [0.2, 0.25) is 5.91 Å². The number of hydrogen-bond acceptors (Lipinski definition) is 7. The van der Waals surface area contributed by atoms with Gasteiger partial charge in [0.05, 0.1) is 52.8 Å². The van der Waals surface area contributed by atoms with Crippen molar-refractivity contribution in [3.8, 4) is 0 Å². The number of aliphatic hydroxyl groups is 5. The molecule has 9 nitrogen and oxygen atoms in total. The average molecular weight is 734 g/mol. The third-order valence-electron chi connectivity index (χ3n) is 3.87. The topological polar surface area (TPSA) is 159 Å². The maximum absolute atomic E-state index is 12.6. The molecule has 7 N–H and O–H groups in total. The van der Waals surface area contributed by atoms with Gasteiger partial charge in [-0.25, -0.2) is 0 Å². The molecule has 0 spiro atoms. The van der Waals surface area contributed by atoms with Crippen molar-refractivity contribution in [2.24, 2.45) is 5.92 Å². The lowest BCUT2D eigenvalue weighted by atomic mass is 10.0. The summed E-state index contributed by atoms with van der Waals surface area (Å²) < 4.78 is 1.41. The fourth-order valence-electron chi connectivity index (χ4n) is 2.20. The van der Waals surface area contributed by atoms with Crippen LogP contribution in [0.25, 0.3) is 0 Å². The van der Waals surface area contributed by atoms with Crippen LogP contribution in [0.2, 0.25) is 0 Å². The fourth-order valence-corrected chi connectivity index (χ4v) is 6.46. The highest BCUT2D eigenvalue weighted by molar-refractivity contribution is 14.1. The molecule has 0 aliphatic rings. The lowest BCUT2D eigenvalue weighted by molar-refractivity contribution is -0.124. The zero-order valence-electron chi connectivity index (χ0n) is 14.7. The molecule has 0 fully saturated rings. The summed E-state index contributed by atoms with van der Waals surface area (Å²) in [6.45, 7) is -0.227. The molecule has 0 aliphatic carbocycles. The standard InChI is InChI=1S/C16H21I3N2O7/c1-6(25)8(4-23)15(27)21-14-12(18)9(5-24)11(17)10(13(14)19)16(28)20-2-7(26)3-22/h6-8,22-26H,2-5H2,1H3,(H,20,28)(H,21,27). The quantitative estimate of drug-likeness (QED) is 0.176. The lowest BCUT2D eigenvalue weighted by Crippen LogP contribution is -2.36. The van der Waals surface area contributed by atoms with E-state index in [2.05, 4.69) is 10.6 Å². The Morgan fingerprint density at radius 3 is 2.07 bits per heavy atom. The molecule has 1 aromatic rings. The van der Waals surface area contributed by atoms with E-state index in [9.17, 15) is 30.0 Å². The maximum atomic E-state index is 12.6. The van der Waals surface area contributed by atoms with E-state index >= 15 is 0 Å². The van der Waals surface area contributed by atoms with Gasteiger partial charge in [-0.15, -0.1) is 0 Å². The largest absolute Gasteiger partial charge is 0.395 e. The van der Waals surface area contributed by atoms with Gasteiger partial charge in [-0.2, -0.15) is 0 Å². The maximum Gasteiger partial charge on any atom is 0.253 e. The van der Waals surface area contributed by atoms with Gasteiger partial charge >= 0.3 is 0 Å². The highest BCUT2D eigenvalue weighted by Gasteiger charge is 2.28. The highest BCUT2D eigenvalue weighted by atomic mass is 127. The summed E-state index contributed by atoms with van der Waals surface area (Å²) in [4.78, 5) is 25.1. The van der Waals surface area contributed by atoms with Crippen LogP contribution in [-0.2, 0) is 11.4 Å². The predicted molar refractivity (Wildman–Crippen MR) is 127 cm³/mol. The zero-order chi connectivity index (χ0) is 21.6. The second-order valence-electron chi connectivity index (χ2n) is 5.89. The van der Waals surface area contributed by atoms with Gasteiger partial charge < -0.3 is 36.2 Å². The van der Waals surface area contributed by atoms with E-state index in [4.69, 9.17) is 5.11 Å². The number of aliphatic hydroxyl groups excluding tert-OH is 5. The van der Waals surface area contributed by atoms with Crippen LogP contribution in [0.4, 0.5) is 5.69 Å². The first kappa shape index (κ1) is 26.2. The third kappa shape index (κ3) is 6.32. The zero-order valence-corrected chi connectivity index (χ0v) is 21.2. The van der Waals surface area contributed by atoms with Crippen LogP contribution < -0.4 is 10.6 Å². The van der Waals surface area contributed by atoms with Crippen molar-refractivity contribution >= 4 is 85.3 Å². The SMILES string of the molecule is CC(O)C(CO)C(=O)Nc1c(I)c(CO)c(I)c(C(=O)NCC(O)CO)c1I. The van der Waals surface area contributed by atoms with E-state index in [1.807, 2.05) is 67.8 Å². The molecule has 2 amide bonds. The van der Waals surface area contributed by atoms with Crippen molar-refractivity contribution in [1.82, 2.24) is 5.32 Å². The number of carbonyl (C=O) groups is 2. The van der Waals surface area contributed by atoms with Crippen LogP contribution in [0.1, 0.15) is 22.8 Å². The molecule has 1 aromatic carbocycles. The Morgan fingerprint density at radius 1 is 1.00 bits per heavy atom. The molecule has 0 heterocycles. The first-order chi connectivity index (χ1) is 13.1. The monoisotopic (exact) mass is 734 g/mol. The van der Waals surface area contributed by atoms with Crippen molar-refractivity contribution in [3.05, 3.63) is 21.8 Å². The van der Waals surface area contributed by atoms with E-state index in [0.717, 1.165) is 0 Å². The molecule has 0 aromatic heterocycles. The van der Waals surface area contributed by atoms with Crippen molar-refractivity contribution in [2.45, 2.75) is 25.7 Å². The van der Waals surface area contributed by atoms with Gasteiger partial charge in [-0.05, 0) is 74.7 Å². The van der Waals surface area contributed by atoms with E-state index in [-0.39, 0.29) is 24.4 Å². The van der Waals surface area contributed by atoms with Crippen LogP contribution in [0.3, 0.4) is 0 Å². The van der Waals surface area contributed by atoms with Crippen molar-refractivity contribution in [1.29, 1.82) is 0 Å². The Labute approximate surface area is 202 Å². The van der Waals surface area contributed by atoms with Gasteiger partial charge in [-0.3, -0.25) is 9.59 Å². The Kier molecular flexibility index (Phi) is 11.3. The minimum Gasteiger partial charge on any atom is -0.395 e. The molecule has 158 valence electrons. The predicted octanol–water partition coefficient (Wildman–Crippen LogP) is 0.00350. The third-order valence-corrected chi connectivity index (χ3v) is 7.33. The molecular weight excluding hydrogens is 713 g/mol. The Balaban J connectivity index is 3.38. The molecule has 1 rings (SSSR count). The molecule has 0 radical (unpaired) electrons. The second-order valence-corrected chi connectivity index (χ2v) is 9.13. The highest BCUT2D eigenvalue weighted by Crippen LogP contribution is 2.36. The minimum atomic E-state index is -1.11. The molecule has 0 aliphatic heterocycles. The summed E-state index contributed by atoms with van der Waals surface area (Å²) in [6.07, 6.45) is -2.19. The number of anilines is 1. The van der Waals surface area contributed by atoms with Gasteiger partial charge in [0, 0.05) is 19.2 Å². The number of nitrogens with one attached hydrogen (secondary N) is 2. The van der Waals surface area contributed by atoms with E-state index in [0.29, 0.717) is 16.3 Å². The van der Waals surface area contributed by atoms with E-state index in [1.54, 1.807) is 0 Å². The molecule has 0 saturated heterocycles. The lowest BCUT2D eigenvalue weighted by Gasteiger charge is -2.22. The Bertz CT molecular complexity index is 731.